The highest BCUT2D eigenvalue weighted by Gasteiger charge is 2.22. The fourth-order valence-electron chi connectivity index (χ4n) is 8.98. The number of hydrogen-bond donors (Lipinski definition) is 4. The zero-order chi connectivity index (χ0) is 46.5. The number of unbranched alkanes of at least 4 members (excludes halogenated alkanes) is 41. The molecule has 1 amide bonds. The van der Waals surface area contributed by atoms with Gasteiger partial charge in [-0.15, -0.1) is 0 Å². The van der Waals surface area contributed by atoms with E-state index in [9.17, 15) is 20.1 Å². The van der Waals surface area contributed by atoms with E-state index in [1.165, 1.54) is 250 Å². The van der Waals surface area contributed by atoms with Crippen LogP contribution in [0.4, 0.5) is 0 Å². The quantitative estimate of drug-likeness (QED) is 0.0362. The Balaban J connectivity index is 3.50. The van der Waals surface area contributed by atoms with Gasteiger partial charge < -0.3 is 20.6 Å². The molecule has 0 aromatic rings. The van der Waals surface area contributed by atoms with Crippen LogP contribution in [-0.4, -0.2) is 46.1 Å². The Kier molecular flexibility index (Phi) is 53.0. The standard InChI is InChI=1S/C59H113NO4/c1-3-5-7-9-11-13-15-17-19-20-21-22-23-24-25-26-27-28-29-30-31-32-33-34-35-36-37-38-39-40-42-44-46-48-50-52-54-58(63)59(64)60-56(55-61)57(62)53-51-49-47-45-43-41-18-16-14-12-10-8-6-4-2/h25-26,28-29,51,53,56-58,61-63H,3-24,27,30-50,52,54-55H2,1-2H3,(H,60,64)/b26-25-,29-28-,53-51+. The first kappa shape index (κ1) is 62.6. The molecule has 0 aliphatic carbocycles. The second kappa shape index (κ2) is 54.2. The van der Waals surface area contributed by atoms with Crippen molar-refractivity contribution in [1.82, 2.24) is 5.32 Å². The van der Waals surface area contributed by atoms with Crippen LogP contribution in [0, 0.1) is 0 Å². The molecule has 0 aromatic heterocycles. The third-order valence-corrected chi connectivity index (χ3v) is 13.5. The van der Waals surface area contributed by atoms with Crippen LogP contribution in [0.5, 0.6) is 0 Å². The van der Waals surface area contributed by atoms with Crippen molar-refractivity contribution in [3.05, 3.63) is 36.5 Å². The first-order valence-electron chi connectivity index (χ1n) is 28.8. The number of allylic oxidation sites excluding steroid dienone is 5. The summed E-state index contributed by atoms with van der Waals surface area (Å²) < 4.78 is 0. The third kappa shape index (κ3) is 48.5. The molecule has 0 fully saturated rings. The highest BCUT2D eigenvalue weighted by atomic mass is 16.3. The molecule has 4 N–H and O–H groups in total. The van der Waals surface area contributed by atoms with Crippen molar-refractivity contribution in [2.75, 3.05) is 6.61 Å². The van der Waals surface area contributed by atoms with Gasteiger partial charge in [0.05, 0.1) is 18.8 Å². The number of hydrogen-bond acceptors (Lipinski definition) is 4. The summed E-state index contributed by atoms with van der Waals surface area (Å²) in [5.41, 5.74) is 0. The molecule has 3 unspecified atom stereocenters. The minimum atomic E-state index is -1.10. The van der Waals surface area contributed by atoms with Crippen LogP contribution in [0.15, 0.2) is 36.5 Å². The number of nitrogens with one attached hydrogen (secondary N) is 1. The number of rotatable bonds is 53. The molecule has 0 aliphatic heterocycles. The number of aliphatic hydroxyl groups is 3. The van der Waals surface area contributed by atoms with E-state index in [4.69, 9.17) is 0 Å². The maximum Gasteiger partial charge on any atom is 0.249 e. The van der Waals surface area contributed by atoms with Crippen molar-refractivity contribution in [3.63, 3.8) is 0 Å². The number of carbonyl (C=O) groups excluding carboxylic acids is 1. The van der Waals surface area contributed by atoms with Gasteiger partial charge in [-0.1, -0.05) is 294 Å². The van der Waals surface area contributed by atoms with Crippen molar-refractivity contribution in [1.29, 1.82) is 0 Å². The molecular formula is C59H113NO4. The number of amides is 1. The van der Waals surface area contributed by atoms with E-state index in [2.05, 4.69) is 43.5 Å². The molecule has 0 heterocycles. The Morgan fingerprint density at radius 1 is 0.391 bits per heavy atom. The van der Waals surface area contributed by atoms with Gasteiger partial charge in [-0.3, -0.25) is 4.79 Å². The molecule has 378 valence electrons. The average Bonchev–Trinajstić information content (AvgIpc) is 3.30. The normalized spacial score (nSPS) is 13.5. The Labute approximate surface area is 400 Å². The van der Waals surface area contributed by atoms with E-state index in [1.807, 2.05) is 6.08 Å². The Hall–Kier alpha value is -1.43. The van der Waals surface area contributed by atoms with Crippen molar-refractivity contribution in [3.8, 4) is 0 Å². The molecule has 64 heavy (non-hydrogen) atoms. The second-order valence-electron chi connectivity index (χ2n) is 19.9. The molecular weight excluding hydrogens is 787 g/mol. The average molecular weight is 901 g/mol. The largest absolute Gasteiger partial charge is 0.394 e. The van der Waals surface area contributed by atoms with E-state index in [-0.39, 0.29) is 6.61 Å². The smallest absolute Gasteiger partial charge is 0.249 e. The van der Waals surface area contributed by atoms with Gasteiger partial charge in [0.25, 0.3) is 0 Å². The van der Waals surface area contributed by atoms with Gasteiger partial charge in [0.15, 0.2) is 0 Å². The Morgan fingerprint density at radius 3 is 0.984 bits per heavy atom. The summed E-state index contributed by atoms with van der Waals surface area (Å²) in [6.07, 6.45) is 71.0. The van der Waals surface area contributed by atoms with Gasteiger partial charge in [0.1, 0.15) is 6.10 Å². The lowest BCUT2D eigenvalue weighted by Crippen LogP contribution is -2.48. The van der Waals surface area contributed by atoms with Crippen LogP contribution in [0.3, 0.4) is 0 Å². The molecule has 0 aromatic carbocycles. The van der Waals surface area contributed by atoms with Gasteiger partial charge in [-0.2, -0.15) is 0 Å². The molecule has 0 saturated heterocycles. The molecule has 5 nitrogen and oxygen atoms in total. The zero-order valence-electron chi connectivity index (χ0n) is 43.2. The molecule has 0 radical (unpaired) electrons. The van der Waals surface area contributed by atoms with E-state index in [0.29, 0.717) is 6.42 Å². The van der Waals surface area contributed by atoms with Crippen LogP contribution in [-0.2, 0) is 4.79 Å². The lowest BCUT2D eigenvalue weighted by molar-refractivity contribution is -0.131. The van der Waals surface area contributed by atoms with Crippen molar-refractivity contribution in [2.45, 2.75) is 327 Å². The highest BCUT2D eigenvalue weighted by Crippen LogP contribution is 2.17. The van der Waals surface area contributed by atoms with E-state index in [1.54, 1.807) is 6.08 Å². The molecule has 5 heteroatoms. The summed E-state index contributed by atoms with van der Waals surface area (Å²) in [5, 5.41) is 33.3. The highest BCUT2D eigenvalue weighted by molar-refractivity contribution is 5.80. The van der Waals surface area contributed by atoms with E-state index < -0.39 is 24.2 Å². The molecule has 0 spiro atoms. The Morgan fingerprint density at radius 2 is 0.672 bits per heavy atom. The van der Waals surface area contributed by atoms with Crippen molar-refractivity contribution in [2.24, 2.45) is 0 Å². The van der Waals surface area contributed by atoms with Crippen LogP contribution in [0.2, 0.25) is 0 Å². The molecule has 0 bridgehead atoms. The zero-order valence-corrected chi connectivity index (χ0v) is 43.2. The minimum Gasteiger partial charge on any atom is -0.394 e. The summed E-state index contributed by atoms with van der Waals surface area (Å²) in [4.78, 5) is 12.5. The Bertz CT molecular complexity index is 993. The van der Waals surface area contributed by atoms with Crippen molar-refractivity contribution < 1.29 is 20.1 Å². The van der Waals surface area contributed by atoms with Gasteiger partial charge in [0.2, 0.25) is 5.91 Å². The predicted molar refractivity (Wildman–Crippen MR) is 282 cm³/mol. The maximum absolute atomic E-state index is 12.5. The van der Waals surface area contributed by atoms with E-state index in [0.717, 1.165) is 38.5 Å². The van der Waals surface area contributed by atoms with Gasteiger partial charge in [0, 0.05) is 0 Å². The summed E-state index contributed by atoms with van der Waals surface area (Å²) in [6, 6.07) is -0.797. The molecule has 0 rings (SSSR count). The number of carbonyl (C=O) groups is 1. The van der Waals surface area contributed by atoms with Crippen LogP contribution in [0.1, 0.15) is 309 Å². The predicted octanol–water partition coefficient (Wildman–Crippen LogP) is 17.8. The summed E-state index contributed by atoms with van der Waals surface area (Å²) in [7, 11) is 0. The lowest BCUT2D eigenvalue weighted by Gasteiger charge is -2.21. The number of aliphatic hydroxyl groups excluding tert-OH is 3. The lowest BCUT2D eigenvalue weighted by atomic mass is 10.0. The van der Waals surface area contributed by atoms with Gasteiger partial charge >= 0.3 is 0 Å². The topological polar surface area (TPSA) is 89.8 Å². The third-order valence-electron chi connectivity index (χ3n) is 13.5. The maximum atomic E-state index is 12.5. The summed E-state index contributed by atoms with van der Waals surface area (Å²) in [5.74, 6) is -0.500. The fourth-order valence-corrected chi connectivity index (χ4v) is 8.98. The fraction of sp³-hybridized carbons (Fsp3) is 0.881. The second-order valence-corrected chi connectivity index (χ2v) is 19.9. The minimum absolute atomic E-state index is 0.362. The van der Waals surface area contributed by atoms with Crippen LogP contribution < -0.4 is 5.32 Å². The molecule has 0 saturated carbocycles. The SMILES string of the molecule is CCCCCCCCCCCCCC/C=C/C(O)C(CO)NC(=O)C(O)CCCCCCCCCCCCCCCCCC/C=C\C/C=C\CCCCCCCCCCCCCCC. The first-order chi connectivity index (χ1) is 31.6. The van der Waals surface area contributed by atoms with Crippen molar-refractivity contribution >= 4 is 5.91 Å². The molecule has 0 aliphatic rings. The first-order valence-corrected chi connectivity index (χ1v) is 28.8. The van der Waals surface area contributed by atoms with Gasteiger partial charge in [-0.05, 0) is 51.4 Å². The van der Waals surface area contributed by atoms with E-state index >= 15 is 0 Å². The van der Waals surface area contributed by atoms with Gasteiger partial charge in [-0.25, -0.2) is 0 Å². The molecule has 3 atom stereocenters. The summed E-state index contributed by atoms with van der Waals surface area (Å²) >= 11 is 0. The summed E-state index contributed by atoms with van der Waals surface area (Å²) in [6.45, 7) is 4.20. The van der Waals surface area contributed by atoms with Crippen LogP contribution >= 0.6 is 0 Å². The monoisotopic (exact) mass is 900 g/mol. The van der Waals surface area contributed by atoms with Crippen LogP contribution in [0.25, 0.3) is 0 Å².